The van der Waals surface area contributed by atoms with Crippen LogP contribution in [0.2, 0.25) is 0 Å². The predicted molar refractivity (Wildman–Crippen MR) is 43.9 cm³/mol. The van der Waals surface area contributed by atoms with E-state index in [2.05, 4.69) is 4.74 Å². The van der Waals surface area contributed by atoms with Crippen molar-refractivity contribution in [2.75, 3.05) is 7.11 Å². The molecule has 0 saturated carbocycles. The summed E-state index contributed by atoms with van der Waals surface area (Å²) in [5.41, 5.74) is 5.40. The number of rotatable bonds is 2. The second kappa shape index (κ2) is 7.91. The molecule has 0 fully saturated rings. The molecule has 0 rings (SSSR count). The van der Waals surface area contributed by atoms with Crippen molar-refractivity contribution < 1.29 is 14.3 Å². The maximum Gasteiger partial charge on any atom is 0.322 e. The largest absolute Gasteiger partial charge is 0.724 e. The van der Waals surface area contributed by atoms with Crippen molar-refractivity contribution >= 4 is 12.0 Å². The summed E-state index contributed by atoms with van der Waals surface area (Å²) >= 11 is 0. The average molecular weight is 173 g/mol. The molecule has 1 atom stereocenters. The highest BCUT2D eigenvalue weighted by Gasteiger charge is 2.16. The Morgan fingerprint density at radius 2 is 1.92 bits per heavy atom. The molecule has 0 radical (unpaired) electrons. The molecular formula is C7H13N2O3-. The van der Waals surface area contributed by atoms with Gasteiger partial charge in [0.2, 0.25) is 0 Å². The average Bonchev–Trinajstić information content (AvgIpc) is 2.03. The molecule has 5 heteroatoms. The van der Waals surface area contributed by atoms with Gasteiger partial charge in [-0.15, -0.1) is 0 Å². The number of nitrogens with two attached hydrogens (primary N) is 1. The molecule has 0 bridgehead atoms. The van der Waals surface area contributed by atoms with E-state index in [1.807, 2.05) is 13.8 Å². The van der Waals surface area contributed by atoms with E-state index in [0.29, 0.717) is 6.08 Å². The van der Waals surface area contributed by atoms with E-state index in [4.69, 9.17) is 15.9 Å². The van der Waals surface area contributed by atoms with Crippen molar-refractivity contribution in [2.24, 2.45) is 11.7 Å². The molecule has 0 aliphatic rings. The lowest BCUT2D eigenvalue weighted by Gasteiger charge is -2.11. The van der Waals surface area contributed by atoms with E-state index in [0.717, 1.165) is 0 Å². The molecule has 0 aromatic heterocycles. The molecule has 0 unspecified atom stereocenters. The zero-order valence-corrected chi connectivity index (χ0v) is 7.40. The Morgan fingerprint density at radius 1 is 1.58 bits per heavy atom. The van der Waals surface area contributed by atoms with Crippen molar-refractivity contribution in [3.8, 4) is 0 Å². The van der Waals surface area contributed by atoms with E-state index in [-0.39, 0.29) is 11.9 Å². The Balaban J connectivity index is 0. The maximum atomic E-state index is 10.6. The molecule has 0 aliphatic carbocycles. The second-order valence-corrected chi connectivity index (χ2v) is 2.38. The third kappa shape index (κ3) is 6.92. The Kier molecular flexibility index (Phi) is 8.84. The number of esters is 1. The second-order valence-electron chi connectivity index (χ2n) is 2.38. The first-order chi connectivity index (χ1) is 5.51. The van der Waals surface area contributed by atoms with Crippen LogP contribution in [-0.4, -0.2) is 25.2 Å². The van der Waals surface area contributed by atoms with Crippen LogP contribution >= 0.6 is 0 Å². The van der Waals surface area contributed by atoms with Crippen LogP contribution in [0, 0.1) is 5.92 Å². The smallest absolute Gasteiger partial charge is 0.322 e. The zero-order chi connectivity index (χ0) is 10.1. The summed E-state index contributed by atoms with van der Waals surface area (Å²) in [6, 6.07) is -0.477. The van der Waals surface area contributed by atoms with E-state index in [1.54, 1.807) is 0 Å². The van der Waals surface area contributed by atoms with Crippen LogP contribution < -0.4 is 5.73 Å². The lowest BCUT2D eigenvalue weighted by atomic mass is 10.1. The molecule has 0 heterocycles. The van der Waals surface area contributed by atoms with Crippen molar-refractivity contribution in [1.82, 2.24) is 0 Å². The van der Waals surface area contributed by atoms with Crippen LogP contribution in [0.25, 0.3) is 5.41 Å². The van der Waals surface area contributed by atoms with Crippen LogP contribution in [0.15, 0.2) is 0 Å². The molecule has 2 N–H and O–H groups in total. The Bertz CT molecular complexity index is 162. The fraction of sp³-hybridized carbons (Fsp3) is 0.714. The summed E-state index contributed by atoms with van der Waals surface area (Å²) in [5, 5.41) is 6.76. The third-order valence-electron chi connectivity index (χ3n) is 1.19. The Morgan fingerprint density at radius 3 is 2.00 bits per heavy atom. The van der Waals surface area contributed by atoms with Gasteiger partial charge >= 0.3 is 5.97 Å². The van der Waals surface area contributed by atoms with Crippen LogP contribution in [0.1, 0.15) is 13.8 Å². The first-order valence-electron chi connectivity index (χ1n) is 3.35. The highest BCUT2D eigenvalue weighted by Crippen LogP contribution is 1.98. The predicted octanol–water partition coefficient (Wildman–Crippen LogP) is 0.0343. The summed E-state index contributed by atoms with van der Waals surface area (Å²) in [7, 11) is 1.34. The maximum absolute atomic E-state index is 10.6. The molecule has 5 nitrogen and oxygen atoms in total. The van der Waals surface area contributed by atoms with E-state index in [9.17, 15) is 4.79 Å². The number of nitrogens with zero attached hydrogens (tertiary/aromatic N) is 1. The van der Waals surface area contributed by atoms with Gasteiger partial charge in [0.25, 0.3) is 0 Å². The number of carbonyl (C=O) groups excluding carboxylic acids is 2. The summed E-state index contributed by atoms with van der Waals surface area (Å²) in [6.07, 6.45) is 0.500. The Hall–Kier alpha value is -1.19. The first-order valence-corrected chi connectivity index (χ1v) is 3.35. The SMILES string of the molecule is COC(=O)[C@@H](N)C(C)C.[N-]=C=O. The fourth-order valence-corrected chi connectivity index (χ4v) is 0.408. The van der Waals surface area contributed by atoms with Crippen LogP contribution in [0.4, 0.5) is 0 Å². The zero-order valence-electron chi connectivity index (χ0n) is 7.40. The minimum atomic E-state index is -0.477. The lowest BCUT2D eigenvalue weighted by molar-refractivity contribution is -0.143. The van der Waals surface area contributed by atoms with Gasteiger partial charge in [0.1, 0.15) is 6.04 Å². The van der Waals surface area contributed by atoms with Crippen LogP contribution in [0.3, 0.4) is 0 Å². The quantitative estimate of drug-likeness (QED) is 0.362. The van der Waals surface area contributed by atoms with Gasteiger partial charge in [-0.1, -0.05) is 13.8 Å². The van der Waals surface area contributed by atoms with Crippen LogP contribution in [-0.2, 0) is 14.3 Å². The van der Waals surface area contributed by atoms with E-state index in [1.165, 1.54) is 7.11 Å². The number of methoxy groups -OCH3 is 1. The van der Waals surface area contributed by atoms with Gasteiger partial charge in [-0.3, -0.25) is 9.59 Å². The van der Waals surface area contributed by atoms with Gasteiger partial charge in [-0.25, -0.2) is 0 Å². The van der Waals surface area contributed by atoms with Crippen molar-refractivity contribution in [3.63, 3.8) is 0 Å². The standard InChI is InChI=1S/C6H13NO2.CNO/c1-4(2)5(7)6(8)9-3;2-1-3/h4-5H,7H2,1-3H3;/q;-1/t5-;/m0./s1. The van der Waals surface area contributed by atoms with E-state index < -0.39 is 6.04 Å². The summed E-state index contributed by atoms with van der Waals surface area (Å²) < 4.78 is 4.41. The van der Waals surface area contributed by atoms with Gasteiger partial charge in [0, 0.05) is 0 Å². The van der Waals surface area contributed by atoms with Gasteiger partial charge in [-0.2, -0.15) is 0 Å². The lowest BCUT2D eigenvalue weighted by Crippen LogP contribution is -2.36. The molecule has 0 aromatic carbocycles. The highest BCUT2D eigenvalue weighted by molar-refractivity contribution is 5.75. The highest BCUT2D eigenvalue weighted by atomic mass is 16.5. The monoisotopic (exact) mass is 173 g/mol. The number of isocyanates is 1. The molecule has 70 valence electrons. The third-order valence-corrected chi connectivity index (χ3v) is 1.19. The fourth-order valence-electron chi connectivity index (χ4n) is 0.408. The van der Waals surface area contributed by atoms with E-state index >= 15 is 0 Å². The minimum absolute atomic E-state index is 0.150. The summed E-state index contributed by atoms with van der Waals surface area (Å²) in [6.45, 7) is 3.75. The summed E-state index contributed by atoms with van der Waals surface area (Å²) in [5.74, 6) is -0.192. The number of hydrogen-bond acceptors (Lipinski definition) is 4. The van der Waals surface area contributed by atoms with Gasteiger partial charge in [0.15, 0.2) is 0 Å². The molecule has 0 aliphatic heterocycles. The summed E-state index contributed by atoms with van der Waals surface area (Å²) in [4.78, 5) is 18.8. The molecule has 0 amide bonds. The molecular weight excluding hydrogens is 160 g/mol. The van der Waals surface area contributed by atoms with Gasteiger partial charge in [-0.05, 0) is 12.0 Å². The molecule has 12 heavy (non-hydrogen) atoms. The Labute approximate surface area is 71.4 Å². The number of ether oxygens (including phenoxy) is 1. The number of carbonyl (C=O) groups is 1. The number of hydrogen-bond donors (Lipinski definition) is 1. The minimum Gasteiger partial charge on any atom is -0.724 e. The molecule has 0 saturated heterocycles. The van der Waals surface area contributed by atoms with Crippen molar-refractivity contribution in [3.05, 3.63) is 5.41 Å². The van der Waals surface area contributed by atoms with Crippen LogP contribution in [0.5, 0.6) is 0 Å². The topological polar surface area (TPSA) is 91.7 Å². The first kappa shape index (κ1) is 13.4. The van der Waals surface area contributed by atoms with Crippen molar-refractivity contribution in [1.29, 1.82) is 0 Å². The van der Waals surface area contributed by atoms with Crippen molar-refractivity contribution in [2.45, 2.75) is 19.9 Å². The molecule has 0 aromatic rings. The van der Waals surface area contributed by atoms with Gasteiger partial charge in [0.05, 0.1) is 7.11 Å². The molecule has 0 spiro atoms. The van der Waals surface area contributed by atoms with Gasteiger partial charge < -0.3 is 15.9 Å². The normalized spacial score (nSPS) is 10.8.